The molecule has 0 radical (unpaired) electrons. The van der Waals surface area contributed by atoms with E-state index >= 15 is 0 Å². The topological polar surface area (TPSA) is 75.1 Å². The monoisotopic (exact) mass is 289 g/mol. The van der Waals surface area contributed by atoms with E-state index in [2.05, 4.69) is 20.4 Å². The first-order chi connectivity index (χ1) is 9.65. The van der Waals surface area contributed by atoms with E-state index in [0.717, 1.165) is 16.9 Å². The molecular formula is C13H12ClN5O. The molecule has 0 unspecified atom stereocenters. The molecule has 3 aromatic rings. The third-order valence-electron chi connectivity index (χ3n) is 3.06. The Hall–Kier alpha value is -2.34. The van der Waals surface area contributed by atoms with Gasteiger partial charge in [-0.05, 0) is 24.6 Å². The van der Waals surface area contributed by atoms with Crippen LogP contribution in [0, 0.1) is 6.92 Å². The van der Waals surface area contributed by atoms with Crippen molar-refractivity contribution in [1.29, 1.82) is 0 Å². The first kappa shape index (κ1) is 12.7. The highest BCUT2D eigenvalue weighted by Crippen LogP contribution is 2.23. The summed E-state index contributed by atoms with van der Waals surface area (Å²) in [5.74, 6) is 0.428. The molecule has 0 amide bonds. The van der Waals surface area contributed by atoms with E-state index in [9.17, 15) is 4.79 Å². The predicted octanol–water partition coefficient (Wildman–Crippen LogP) is 1.99. The molecule has 7 heteroatoms. The van der Waals surface area contributed by atoms with Crippen molar-refractivity contribution in [3.05, 3.63) is 57.2 Å². The van der Waals surface area contributed by atoms with Gasteiger partial charge in [0.05, 0.1) is 6.54 Å². The van der Waals surface area contributed by atoms with E-state index < -0.39 is 0 Å². The van der Waals surface area contributed by atoms with Crippen LogP contribution in [-0.2, 0) is 6.54 Å². The molecule has 2 aromatic heterocycles. The van der Waals surface area contributed by atoms with E-state index in [4.69, 9.17) is 11.6 Å². The van der Waals surface area contributed by atoms with Gasteiger partial charge >= 0.3 is 0 Å². The van der Waals surface area contributed by atoms with Crippen molar-refractivity contribution in [2.24, 2.45) is 0 Å². The van der Waals surface area contributed by atoms with Gasteiger partial charge in [-0.25, -0.2) is 0 Å². The number of hydrogen-bond donors (Lipinski definition) is 2. The van der Waals surface area contributed by atoms with Crippen molar-refractivity contribution in [3.8, 4) is 0 Å². The van der Waals surface area contributed by atoms with Gasteiger partial charge in [-0.1, -0.05) is 17.7 Å². The summed E-state index contributed by atoms with van der Waals surface area (Å²) in [5, 5.41) is 7.77. The fraction of sp³-hybridized carbons (Fsp3) is 0.154. The molecule has 0 bridgehead atoms. The molecule has 0 atom stereocenters. The van der Waals surface area contributed by atoms with E-state index in [-0.39, 0.29) is 5.56 Å². The Morgan fingerprint density at radius 2 is 2.30 bits per heavy atom. The molecule has 0 saturated heterocycles. The molecule has 0 spiro atoms. The molecule has 1 aromatic carbocycles. The number of H-pyrrole nitrogens is 1. The Bertz CT molecular complexity index is 823. The van der Waals surface area contributed by atoms with E-state index in [1.807, 2.05) is 25.1 Å². The molecule has 3 rings (SSSR count). The van der Waals surface area contributed by atoms with Crippen LogP contribution in [0.2, 0.25) is 5.02 Å². The molecule has 0 saturated carbocycles. The van der Waals surface area contributed by atoms with E-state index in [1.54, 1.807) is 0 Å². The van der Waals surface area contributed by atoms with Crippen LogP contribution in [0.5, 0.6) is 0 Å². The van der Waals surface area contributed by atoms with Crippen LogP contribution in [0.3, 0.4) is 0 Å². The van der Waals surface area contributed by atoms with Crippen LogP contribution >= 0.6 is 11.6 Å². The van der Waals surface area contributed by atoms with Gasteiger partial charge in [0.25, 0.3) is 5.56 Å². The predicted molar refractivity (Wildman–Crippen MR) is 77.1 cm³/mol. The zero-order valence-electron chi connectivity index (χ0n) is 10.7. The lowest BCUT2D eigenvalue weighted by molar-refractivity contribution is 0.876. The standard InChI is InChI=1S/C13H12ClN5O/c1-8-10(14)3-2-4-11(8)15-6-9-5-12(20)19-13(18-9)16-7-17-19/h2-5,7,15H,6H2,1H3,(H,16,17,18). The van der Waals surface area contributed by atoms with Gasteiger partial charge in [0.2, 0.25) is 5.78 Å². The summed E-state index contributed by atoms with van der Waals surface area (Å²) < 4.78 is 1.22. The average Bonchev–Trinajstić information content (AvgIpc) is 2.89. The minimum absolute atomic E-state index is 0.212. The lowest BCUT2D eigenvalue weighted by Gasteiger charge is -2.10. The third-order valence-corrected chi connectivity index (χ3v) is 3.47. The van der Waals surface area contributed by atoms with Crippen molar-refractivity contribution < 1.29 is 0 Å². The zero-order chi connectivity index (χ0) is 14.1. The van der Waals surface area contributed by atoms with Gasteiger partial charge in [-0.3, -0.25) is 4.79 Å². The maximum atomic E-state index is 11.8. The Balaban J connectivity index is 1.86. The Morgan fingerprint density at radius 1 is 1.45 bits per heavy atom. The Morgan fingerprint density at radius 3 is 3.15 bits per heavy atom. The molecule has 20 heavy (non-hydrogen) atoms. The number of aromatic nitrogens is 4. The molecule has 102 valence electrons. The second-order valence-electron chi connectivity index (χ2n) is 4.39. The number of benzene rings is 1. The largest absolute Gasteiger partial charge is 0.379 e. The molecule has 2 heterocycles. The second kappa shape index (κ2) is 4.97. The lowest BCUT2D eigenvalue weighted by atomic mass is 10.2. The first-order valence-corrected chi connectivity index (χ1v) is 6.44. The van der Waals surface area contributed by atoms with Crippen LogP contribution in [0.15, 0.2) is 35.4 Å². The molecule has 0 aliphatic heterocycles. The average molecular weight is 290 g/mol. The molecule has 2 N–H and O–H groups in total. The maximum absolute atomic E-state index is 11.8. The summed E-state index contributed by atoms with van der Waals surface area (Å²) >= 11 is 6.06. The van der Waals surface area contributed by atoms with E-state index in [1.165, 1.54) is 16.9 Å². The number of nitrogens with zero attached hydrogens (tertiary/aromatic N) is 3. The summed E-state index contributed by atoms with van der Waals surface area (Å²) in [6, 6.07) is 7.15. The van der Waals surface area contributed by atoms with Gasteiger partial charge in [0.1, 0.15) is 6.33 Å². The smallest absolute Gasteiger partial charge is 0.275 e. The quantitative estimate of drug-likeness (QED) is 0.773. The second-order valence-corrected chi connectivity index (χ2v) is 4.80. The van der Waals surface area contributed by atoms with Crippen molar-refractivity contribution in [2.75, 3.05) is 5.32 Å². The molecular weight excluding hydrogens is 278 g/mol. The number of anilines is 1. The first-order valence-electron chi connectivity index (χ1n) is 6.06. The highest BCUT2D eigenvalue weighted by atomic mass is 35.5. The highest BCUT2D eigenvalue weighted by molar-refractivity contribution is 6.31. The molecule has 0 fully saturated rings. The number of nitrogens with one attached hydrogen (secondary N) is 2. The molecule has 0 aliphatic carbocycles. The summed E-state index contributed by atoms with van der Waals surface area (Å²) in [5.41, 5.74) is 2.42. The number of hydrogen-bond acceptors (Lipinski definition) is 4. The lowest BCUT2D eigenvalue weighted by Crippen LogP contribution is -2.17. The summed E-state index contributed by atoms with van der Waals surface area (Å²) in [7, 11) is 0. The normalized spacial score (nSPS) is 10.9. The number of rotatable bonds is 3. The minimum atomic E-state index is -0.212. The van der Waals surface area contributed by atoms with Gasteiger partial charge in [-0.2, -0.15) is 14.6 Å². The summed E-state index contributed by atoms with van der Waals surface area (Å²) in [4.78, 5) is 18.8. The zero-order valence-corrected chi connectivity index (χ0v) is 11.5. The van der Waals surface area contributed by atoms with Gasteiger partial charge in [0.15, 0.2) is 0 Å². The van der Waals surface area contributed by atoms with Crippen molar-refractivity contribution in [3.63, 3.8) is 0 Å². The molecule has 6 nitrogen and oxygen atoms in total. The Labute approximate surface area is 119 Å². The maximum Gasteiger partial charge on any atom is 0.275 e. The Kier molecular flexibility index (Phi) is 3.15. The summed E-state index contributed by atoms with van der Waals surface area (Å²) in [6.45, 7) is 2.41. The minimum Gasteiger partial charge on any atom is -0.379 e. The van der Waals surface area contributed by atoms with Crippen molar-refractivity contribution in [2.45, 2.75) is 13.5 Å². The van der Waals surface area contributed by atoms with Crippen molar-refractivity contribution in [1.82, 2.24) is 19.6 Å². The summed E-state index contributed by atoms with van der Waals surface area (Å²) in [6.07, 6.45) is 1.34. The van der Waals surface area contributed by atoms with Crippen LogP contribution in [0.4, 0.5) is 5.69 Å². The van der Waals surface area contributed by atoms with E-state index in [0.29, 0.717) is 17.3 Å². The van der Waals surface area contributed by atoms with Crippen LogP contribution in [0.1, 0.15) is 11.3 Å². The fourth-order valence-electron chi connectivity index (χ4n) is 1.96. The fourth-order valence-corrected chi connectivity index (χ4v) is 2.14. The number of halogens is 1. The number of fused-ring (bicyclic) bond motifs is 1. The van der Waals surface area contributed by atoms with Crippen LogP contribution in [-0.4, -0.2) is 19.6 Å². The highest BCUT2D eigenvalue weighted by Gasteiger charge is 2.05. The van der Waals surface area contributed by atoms with Crippen LogP contribution < -0.4 is 10.9 Å². The number of aromatic amines is 1. The van der Waals surface area contributed by atoms with Gasteiger partial charge in [0, 0.05) is 22.5 Å². The van der Waals surface area contributed by atoms with Crippen LogP contribution in [0.25, 0.3) is 5.78 Å². The third kappa shape index (κ3) is 2.25. The van der Waals surface area contributed by atoms with Crippen molar-refractivity contribution >= 4 is 23.1 Å². The van der Waals surface area contributed by atoms with Gasteiger partial charge < -0.3 is 10.3 Å². The van der Waals surface area contributed by atoms with Gasteiger partial charge in [-0.15, -0.1) is 0 Å². The molecule has 0 aliphatic rings. The SMILES string of the molecule is Cc1c(Cl)cccc1NCc1cc(=O)n2ncnc2[nH]1.